The summed E-state index contributed by atoms with van der Waals surface area (Å²) in [5.41, 5.74) is 5.84. The fraction of sp³-hybridized carbons (Fsp3) is 0.923. The van der Waals surface area contributed by atoms with Crippen molar-refractivity contribution in [1.82, 2.24) is 4.90 Å². The number of amides is 1. The molecule has 2 fully saturated rings. The maximum atomic E-state index is 12.0. The van der Waals surface area contributed by atoms with Crippen LogP contribution in [-0.2, 0) is 9.53 Å². The summed E-state index contributed by atoms with van der Waals surface area (Å²) in [5.74, 6) is 1.82. The molecule has 1 unspecified atom stereocenters. The summed E-state index contributed by atoms with van der Waals surface area (Å²) in [4.78, 5) is 13.9. The van der Waals surface area contributed by atoms with Crippen LogP contribution in [0.4, 0.5) is 0 Å². The fourth-order valence-corrected chi connectivity index (χ4v) is 3.46. The van der Waals surface area contributed by atoms with Crippen LogP contribution in [0.2, 0.25) is 0 Å². The molecule has 0 bridgehead atoms. The summed E-state index contributed by atoms with van der Waals surface area (Å²) in [6, 6.07) is 0.289. The second kappa shape index (κ2) is 7.36. The molecule has 2 saturated heterocycles. The van der Waals surface area contributed by atoms with Gasteiger partial charge in [-0.15, -0.1) is 11.8 Å². The number of nitrogens with two attached hydrogens (primary N) is 1. The van der Waals surface area contributed by atoms with E-state index < -0.39 is 0 Å². The number of hydrogen-bond donors (Lipinski definition) is 1. The summed E-state index contributed by atoms with van der Waals surface area (Å²) in [5, 5.41) is 0. The highest BCUT2D eigenvalue weighted by Crippen LogP contribution is 2.18. The van der Waals surface area contributed by atoms with E-state index in [1.54, 1.807) is 11.8 Å². The zero-order valence-electron chi connectivity index (χ0n) is 11.0. The Morgan fingerprint density at radius 1 is 1.28 bits per heavy atom. The van der Waals surface area contributed by atoms with Crippen LogP contribution in [0.5, 0.6) is 0 Å². The summed E-state index contributed by atoms with van der Waals surface area (Å²) in [7, 11) is 0. The molecule has 2 heterocycles. The van der Waals surface area contributed by atoms with Crippen LogP contribution in [0.3, 0.4) is 0 Å². The molecule has 1 atom stereocenters. The van der Waals surface area contributed by atoms with Crippen LogP contribution in [0.1, 0.15) is 32.1 Å². The molecule has 2 aliphatic heterocycles. The molecule has 0 radical (unpaired) electrons. The monoisotopic (exact) mass is 272 g/mol. The number of thioether (sulfide) groups is 1. The molecule has 0 aromatic heterocycles. The quantitative estimate of drug-likeness (QED) is 0.836. The van der Waals surface area contributed by atoms with Crippen molar-refractivity contribution in [2.45, 2.75) is 44.2 Å². The number of nitrogens with zero attached hydrogens (tertiary/aromatic N) is 1. The van der Waals surface area contributed by atoms with Gasteiger partial charge < -0.3 is 15.4 Å². The SMILES string of the molecule is NC1CCN(C(=O)CSCC2CCCCO2)CC1. The Balaban J connectivity index is 1.59. The molecule has 5 heteroatoms. The van der Waals surface area contributed by atoms with Crippen molar-refractivity contribution in [3.05, 3.63) is 0 Å². The van der Waals surface area contributed by atoms with Crippen LogP contribution in [0, 0.1) is 0 Å². The number of likely N-dealkylation sites (tertiary alicyclic amines) is 1. The van der Waals surface area contributed by atoms with Gasteiger partial charge in [0.05, 0.1) is 11.9 Å². The van der Waals surface area contributed by atoms with Crippen molar-refractivity contribution in [2.75, 3.05) is 31.2 Å². The molecule has 0 aromatic carbocycles. The highest BCUT2D eigenvalue weighted by molar-refractivity contribution is 7.99. The van der Waals surface area contributed by atoms with Crippen molar-refractivity contribution >= 4 is 17.7 Å². The third-order valence-electron chi connectivity index (χ3n) is 3.70. The van der Waals surface area contributed by atoms with Crippen molar-refractivity contribution in [2.24, 2.45) is 5.73 Å². The molecule has 1 amide bonds. The normalized spacial score (nSPS) is 26.3. The van der Waals surface area contributed by atoms with E-state index in [4.69, 9.17) is 10.5 Å². The highest BCUT2D eigenvalue weighted by atomic mass is 32.2. The second-order valence-electron chi connectivity index (χ2n) is 5.22. The number of hydrogen-bond acceptors (Lipinski definition) is 4. The lowest BCUT2D eigenvalue weighted by Gasteiger charge is -2.30. The van der Waals surface area contributed by atoms with Gasteiger partial charge >= 0.3 is 0 Å². The zero-order valence-corrected chi connectivity index (χ0v) is 11.8. The predicted molar refractivity (Wildman–Crippen MR) is 74.7 cm³/mol. The van der Waals surface area contributed by atoms with E-state index in [0.717, 1.165) is 44.7 Å². The Morgan fingerprint density at radius 2 is 2.06 bits per heavy atom. The molecule has 0 aromatic rings. The summed E-state index contributed by atoms with van der Waals surface area (Å²) in [6.07, 6.45) is 5.87. The van der Waals surface area contributed by atoms with Gasteiger partial charge in [0.2, 0.25) is 5.91 Å². The number of rotatable bonds is 4. The first-order chi connectivity index (χ1) is 8.75. The van der Waals surface area contributed by atoms with Crippen molar-refractivity contribution in [3.8, 4) is 0 Å². The van der Waals surface area contributed by atoms with Crippen molar-refractivity contribution < 1.29 is 9.53 Å². The van der Waals surface area contributed by atoms with Crippen LogP contribution in [0.15, 0.2) is 0 Å². The molecule has 0 aliphatic carbocycles. The first kappa shape index (κ1) is 14.2. The molecular formula is C13H24N2O2S. The molecule has 0 saturated carbocycles. The second-order valence-corrected chi connectivity index (χ2v) is 6.25. The molecular weight excluding hydrogens is 248 g/mol. The van der Waals surface area contributed by atoms with E-state index in [1.165, 1.54) is 12.8 Å². The van der Waals surface area contributed by atoms with Gasteiger partial charge in [0.1, 0.15) is 0 Å². The number of carbonyl (C=O) groups is 1. The van der Waals surface area contributed by atoms with Gasteiger partial charge in [-0.1, -0.05) is 0 Å². The van der Waals surface area contributed by atoms with Crippen LogP contribution in [0.25, 0.3) is 0 Å². The maximum absolute atomic E-state index is 12.0. The minimum absolute atomic E-state index is 0.266. The molecule has 2 N–H and O–H groups in total. The van der Waals surface area contributed by atoms with Crippen LogP contribution >= 0.6 is 11.8 Å². The van der Waals surface area contributed by atoms with Gasteiger partial charge in [0.15, 0.2) is 0 Å². The Hall–Kier alpha value is -0.260. The predicted octanol–water partition coefficient (Wildman–Crippen LogP) is 1.24. The summed E-state index contributed by atoms with van der Waals surface area (Å²) >= 11 is 1.71. The van der Waals surface area contributed by atoms with Crippen molar-refractivity contribution in [3.63, 3.8) is 0 Å². The Kier molecular flexibility index (Phi) is 5.79. The first-order valence-corrected chi connectivity index (χ1v) is 8.14. The number of piperidine rings is 1. The van der Waals surface area contributed by atoms with E-state index in [2.05, 4.69) is 0 Å². The average Bonchev–Trinajstić information content (AvgIpc) is 2.40. The molecule has 18 heavy (non-hydrogen) atoms. The summed E-state index contributed by atoms with van der Waals surface area (Å²) in [6.45, 7) is 2.56. The number of carbonyl (C=O) groups excluding carboxylic acids is 1. The minimum atomic E-state index is 0.266. The topological polar surface area (TPSA) is 55.6 Å². The average molecular weight is 272 g/mol. The van der Waals surface area contributed by atoms with Gasteiger partial charge in [-0.2, -0.15) is 0 Å². The molecule has 2 aliphatic rings. The molecule has 0 spiro atoms. The largest absolute Gasteiger partial charge is 0.377 e. The first-order valence-electron chi connectivity index (χ1n) is 6.98. The van der Waals surface area contributed by atoms with Gasteiger partial charge in [0, 0.05) is 31.5 Å². The van der Waals surface area contributed by atoms with Gasteiger partial charge in [-0.25, -0.2) is 0 Å². The zero-order chi connectivity index (χ0) is 12.8. The molecule has 2 rings (SSSR count). The van der Waals surface area contributed by atoms with Gasteiger partial charge in [0.25, 0.3) is 0 Å². The lowest BCUT2D eigenvalue weighted by atomic mass is 10.1. The third-order valence-corrected chi connectivity index (χ3v) is 4.75. The van der Waals surface area contributed by atoms with E-state index in [9.17, 15) is 4.79 Å². The molecule has 104 valence electrons. The van der Waals surface area contributed by atoms with E-state index in [-0.39, 0.29) is 11.9 Å². The summed E-state index contributed by atoms with van der Waals surface area (Å²) < 4.78 is 5.66. The highest BCUT2D eigenvalue weighted by Gasteiger charge is 2.21. The smallest absolute Gasteiger partial charge is 0.232 e. The lowest BCUT2D eigenvalue weighted by molar-refractivity contribution is -0.129. The van der Waals surface area contributed by atoms with E-state index >= 15 is 0 Å². The van der Waals surface area contributed by atoms with Crippen LogP contribution < -0.4 is 5.73 Å². The number of ether oxygens (including phenoxy) is 1. The Morgan fingerprint density at radius 3 is 2.72 bits per heavy atom. The Bertz CT molecular complexity index is 262. The van der Waals surface area contributed by atoms with E-state index in [0.29, 0.717) is 11.9 Å². The maximum Gasteiger partial charge on any atom is 0.232 e. The standard InChI is InChI=1S/C13H24N2O2S/c14-11-4-6-15(7-5-11)13(16)10-18-9-12-3-1-2-8-17-12/h11-12H,1-10,14H2. The van der Waals surface area contributed by atoms with E-state index in [1.807, 2.05) is 4.90 Å². The van der Waals surface area contributed by atoms with Gasteiger partial charge in [-0.05, 0) is 32.1 Å². The lowest BCUT2D eigenvalue weighted by Crippen LogP contribution is -2.43. The third kappa shape index (κ3) is 4.44. The van der Waals surface area contributed by atoms with Gasteiger partial charge in [-0.3, -0.25) is 4.79 Å². The molecule has 4 nitrogen and oxygen atoms in total. The fourth-order valence-electron chi connectivity index (χ4n) is 2.46. The van der Waals surface area contributed by atoms with Crippen LogP contribution in [-0.4, -0.2) is 54.2 Å². The Labute approximate surface area is 114 Å². The minimum Gasteiger partial charge on any atom is -0.377 e. The van der Waals surface area contributed by atoms with Crippen molar-refractivity contribution in [1.29, 1.82) is 0 Å².